The Morgan fingerprint density at radius 2 is 0.812 bits per heavy atom. The molecule has 0 aromatic rings. The summed E-state index contributed by atoms with van der Waals surface area (Å²) in [4.78, 5) is 25.5. The molecular weight excluding hydrogens is 876 g/mol. The lowest BCUT2D eigenvalue weighted by Gasteiger charge is -2.29. The molecule has 0 aromatic carbocycles. The van der Waals surface area contributed by atoms with Gasteiger partial charge in [-0.3, -0.25) is 9.36 Å². The zero-order valence-electron chi connectivity index (χ0n) is 46.5. The summed E-state index contributed by atoms with van der Waals surface area (Å²) >= 11 is 0. The van der Waals surface area contributed by atoms with Gasteiger partial charge in [0.1, 0.15) is 13.2 Å². The second-order valence-electron chi connectivity index (χ2n) is 21.7. The Labute approximate surface area is 429 Å². The summed E-state index contributed by atoms with van der Waals surface area (Å²) < 4.78 is 23.3. The van der Waals surface area contributed by atoms with Gasteiger partial charge in [-0.05, 0) is 57.8 Å². The number of hydrogen-bond donors (Lipinski definition) is 2. The quantitative estimate of drug-likeness (QED) is 0.0272. The number of hydrogen-bond acceptors (Lipinski definition) is 6. The molecule has 2 N–H and O–H groups in total. The van der Waals surface area contributed by atoms with Crippen LogP contribution in [0.3, 0.4) is 0 Å². The Morgan fingerprint density at radius 1 is 0.493 bits per heavy atom. The highest BCUT2D eigenvalue weighted by atomic mass is 31.2. The molecule has 0 saturated heterocycles. The average Bonchev–Trinajstić information content (AvgIpc) is 3.31. The van der Waals surface area contributed by atoms with Gasteiger partial charge >= 0.3 is 0 Å². The van der Waals surface area contributed by atoms with Gasteiger partial charge in [0.25, 0.3) is 7.82 Å². The Bertz CT molecular complexity index is 1220. The first-order chi connectivity index (χ1) is 33.5. The molecule has 0 radical (unpaired) electrons. The van der Waals surface area contributed by atoms with Crippen LogP contribution in [0, 0.1) is 0 Å². The van der Waals surface area contributed by atoms with Crippen LogP contribution >= 0.6 is 7.82 Å². The van der Waals surface area contributed by atoms with Crippen LogP contribution in [0.25, 0.3) is 0 Å². The zero-order chi connectivity index (χ0) is 50.6. The van der Waals surface area contributed by atoms with Crippen LogP contribution in [-0.2, 0) is 18.4 Å². The minimum absolute atomic E-state index is 0.00495. The first kappa shape index (κ1) is 67.7. The molecule has 69 heavy (non-hydrogen) atoms. The molecule has 9 heteroatoms. The van der Waals surface area contributed by atoms with Gasteiger partial charge in [0.2, 0.25) is 5.91 Å². The lowest BCUT2D eigenvalue weighted by molar-refractivity contribution is -0.870. The highest BCUT2D eigenvalue weighted by Crippen LogP contribution is 2.38. The number of carbonyl (C=O) groups excluding carboxylic acids is 1. The fourth-order valence-corrected chi connectivity index (χ4v) is 9.60. The Hall–Kier alpha value is -1.28. The average molecular weight is 994 g/mol. The number of phosphoric ester groups is 1. The minimum Gasteiger partial charge on any atom is -0.756 e. The van der Waals surface area contributed by atoms with Crippen LogP contribution in [0.5, 0.6) is 0 Å². The molecular formula is C60H117N2O6P. The van der Waals surface area contributed by atoms with Gasteiger partial charge in [-0.15, -0.1) is 0 Å². The van der Waals surface area contributed by atoms with E-state index in [0.717, 1.165) is 38.5 Å². The van der Waals surface area contributed by atoms with Crippen molar-refractivity contribution in [3.63, 3.8) is 0 Å². The van der Waals surface area contributed by atoms with Crippen molar-refractivity contribution >= 4 is 13.7 Å². The molecule has 0 aliphatic heterocycles. The standard InChI is InChI=1S/C60H117N2O6P/c1-6-8-10-12-14-16-18-20-22-24-26-27-28-29-30-31-32-33-34-35-36-38-40-42-44-46-48-50-52-54-60(64)61-58(57-68-69(65,66)67-56-55-62(3,4)5)59(63)53-51-49-47-45-43-41-39-37-25-23-21-19-17-15-13-11-9-7-2/h24,26,43,45,51,53,58-59,63H,6-23,25,27-42,44,46-50,52,54-57H2,1-5H3,(H-,61,64,65,66)/b26-24-,45-43+,53-51+. The summed E-state index contributed by atoms with van der Waals surface area (Å²) in [5.41, 5.74) is 0. The van der Waals surface area contributed by atoms with Crippen molar-refractivity contribution in [2.45, 2.75) is 302 Å². The molecule has 3 atom stereocenters. The predicted octanol–water partition coefficient (Wildman–Crippen LogP) is 17.5. The van der Waals surface area contributed by atoms with Crippen LogP contribution in [0.2, 0.25) is 0 Å². The molecule has 0 saturated carbocycles. The normalized spacial score (nSPS) is 14.1. The van der Waals surface area contributed by atoms with Crippen molar-refractivity contribution in [2.75, 3.05) is 40.9 Å². The number of allylic oxidation sites excluding steroid dienone is 5. The molecule has 0 bridgehead atoms. The van der Waals surface area contributed by atoms with E-state index in [1.54, 1.807) is 6.08 Å². The highest BCUT2D eigenvalue weighted by molar-refractivity contribution is 7.45. The van der Waals surface area contributed by atoms with Crippen molar-refractivity contribution in [1.82, 2.24) is 5.32 Å². The number of phosphoric acid groups is 1. The van der Waals surface area contributed by atoms with Crippen molar-refractivity contribution in [2.24, 2.45) is 0 Å². The monoisotopic (exact) mass is 993 g/mol. The number of quaternary nitrogens is 1. The van der Waals surface area contributed by atoms with Gasteiger partial charge in [0.05, 0.1) is 39.9 Å². The molecule has 0 spiro atoms. The number of amides is 1. The maximum Gasteiger partial charge on any atom is 0.268 e. The number of aliphatic hydroxyl groups excluding tert-OH is 1. The van der Waals surface area contributed by atoms with Crippen LogP contribution in [0.1, 0.15) is 290 Å². The number of nitrogens with one attached hydrogen (secondary N) is 1. The maximum atomic E-state index is 13.0. The molecule has 8 nitrogen and oxygen atoms in total. The summed E-state index contributed by atoms with van der Waals surface area (Å²) in [7, 11) is 1.25. The first-order valence-electron chi connectivity index (χ1n) is 29.9. The van der Waals surface area contributed by atoms with Gasteiger partial charge < -0.3 is 28.8 Å². The number of aliphatic hydroxyl groups is 1. The molecule has 0 fully saturated rings. The third-order valence-corrected chi connectivity index (χ3v) is 14.5. The van der Waals surface area contributed by atoms with Crippen molar-refractivity contribution in [1.29, 1.82) is 0 Å². The molecule has 0 aromatic heterocycles. The predicted molar refractivity (Wildman–Crippen MR) is 298 cm³/mol. The molecule has 0 aliphatic carbocycles. The number of likely N-dealkylation sites (N-methyl/N-ethyl adjacent to an activating group) is 1. The number of unbranched alkanes of at least 4 members (excludes halogenated alkanes) is 38. The number of nitrogens with zero attached hydrogens (tertiary/aromatic N) is 1. The fourth-order valence-electron chi connectivity index (χ4n) is 8.87. The fraction of sp³-hybridized carbons (Fsp3) is 0.883. The van der Waals surface area contributed by atoms with E-state index in [1.807, 2.05) is 27.2 Å². The summed E-state index contributed by atoms with van der Waals surface area (Å²) in [6.45, 7) is 4.66. The van der Waals surface area contributed by atoms with E-state index >= 15 is 0 Å². The summed E-state index contributed by atoms with van der Waals surface area (Å²) in [6, 6.07) is -0.902. The van der Waals surface area contributed by atoms with Crippen LogP contribution in [0.4, 0.5) is 0 Å². The van der Waals surface area contributed by atoms with Crippen molar-refractivity contribution in [3.8, 4) is 0 Å². The first-order valence-corrected chi connectivity index (χ1v) is 31.3. The largest absolute Gasteiger partial charge is 0.756 e. The van der Waals surface area contributed by atoms with E-state index in [-0.39, 0.29) is 19.1 Å². The van der Waals surface area contributed by atoms with Gasteiger partial charge in [0.15, 0.2) is 0 Å². The summed E-state index contributed by atoms with van der Waals surface area (Å²) in [5, 5.41) is 13.9. The Balaban J connectivity index is 4.14. The van der Waals surface area contributed by atoms with Gasteiger partial charge in [-0.2, -0.15) is 0 Å². The topological polar surface area (TPSA) is 108 Å². The van der Waals surface area contributed by atoms with E-state index in [4.69, 9.17) is 9.05 Å². The minimum atomic E-state index is -4.60. The van der Waals surface area contributed by atoms with Crippen LogP contribution < -0.4 is 10.2 Å². The maximum absolute atomic E-state index is 13.0. The molecule has 3 unspecified atom stereocenters. The summed E-state index contributed by atoms with van der Waals surface area (Å²) in [6.07, 6.45) is 66.6. The molecule has 1 amide bonds. The summed E-state index contributed by atoms with van der Waals surface area (Å²) in [5.74, 6) is -0.203. The van der Waals surface area contributed by atoms with Gasteiger partial charge in [-0.1, -0.05) is 262 Å². The second-order valence-corrected chi connectivity index (χ2v) is 23.1. The third kappa shape index (κ3) is 54.3. The number of rotatable bonds is 55. The lowest BCUT2D eigenvalue weighted by Crippen LogP contribution is -2.45. The van der Waals surface area contributed by atoms with E-state index < -0.39 is 20.0 Å². The van der Waals surface area contributed by atoms with Crippen LogP contribution in [-0.4, -0.2) is 68.5 Å². The highest BCUT2D eigenvalue weighted by Gasteiger charge is 2.23. The second kappa shape index (κ2) is 51.6. The van der Waals surface area contributed by atoms with Crippen molar-refractivity contribution < 1.29 is 32.9 Å². The molecule has 0 aliphatic rings. The SMILES string of the molecule is CCCCCCCCCC/C=C\CCCCCCCCCCCCCCCCCCCC(=O)NC(COP(=O)([O-])OCC[N+](C)(C)C)C(O)/C=C/CC/C=C/CCCCCCCCCCCCCC. The molecule has 0 heterocycles. The van der Waals surface area contributed by atoms with Gasteiger partial charge in [0, 0.05) is 6.42 Å². The van der Waals surface area contributed by atoms with E-state index in [1.165, 1.54) is 231 Å². The van der Waals surface area contributed by atoms with E-state index in [2.05, 4.69) is 43.5 Å². The van der Waals surface area contributed by atoms with Crippen LogP contribution in [0.15, 0.2) is 36.5 Å². The third-order valence-electron chi connectivity index (χ3n) is 13.6. The molecule has 0 rings (SSSR count). The smallest absolute Gasteiger partial charge is 0.268 e. The number of carbonyl (C=O) groups is 1. The zero-order valence-corrected chi connectivity index (χ0v) is 47.4. The van der Waals surface area contributed by atoms with E-state index in [0.29, 0.717) is 17.4 Å². The Kier molecular flexibility index (Phi) is 50.7. The van der Waals surface area contributed by atoms with Gasteiger partial charge in [-0.25, -0.2) is 0 Å². The van der Waals surface area contributed by atoms with E-state index in [9.17, 15) is 19.4 Å². The van der Waals surface area contributed by atoms with Crippen molar-refractivity contribution in [3.05, 3.63) is 36.5 Å². The Morgan fingerprint density at radius 3 is 1.17 bits per heavy atom. The lowest BCUT2D eigenvalue weighted by atomic mass is 10.0. The molecule has 408 valence electrons.